The average Bonchev–Trinajstić information content (AvgIpc) is 2.55. The van der Waals surface area contributed by atoms with Crippen LogP contribution in [0, 0.1) is 0 Å². The zero-order valence-corrected chi connectivity index (χ0v) is 16.8. The number of fused-ring (bicyclic) bond motifs is 1. The summed E-state index contributed by atoms with van der Waals surface area (Å²) < 4.78 is 0. The summed E-state index contributed by atoms with van der Waals surface area (Å²) in [4.78, 5) is 20.5. The van der Waals surface area contributed by atoms with E-state index in [9.17, 15) is 4.79 Å². The minimum absolute atomic E-state index is 0. The van der Waals surface area contributed by atoms with E-state index in [4.69, 9.17) is 4.99 Å². The van der Waals surface area contributed by atoms with E-state index in [1.165, 1.54) is 11.1 Å². The molecular weight excluding hydrogens is 415 g/mol. The molecule has 2 aliphatic rings. The Kier molecular flexibility index (Phi) is 6.89. The topological polar surface area (TPSA) is 47.9 Å². The summed E-state index contributed by atoms with van der Waals surface area (Å²) in [5.74, 6) is 1.70. The summed E-state index contributed by atoms with van der Waals surface area (Å²) in [6.07, 6.45) is 1.14. The van der Waals surface area contributed by atoms with E-state index in [1.54, 1.807) is 6.92 Å². The molecule has 0 bridgehead atoms. The van der Waals surface area contributed by atoms with E-state index >= 15 is 0 Å². The Bertz CT molecular complexity index is 596. The second-order valence-corrected chi connectivity index (χ2v) is 6.29. The van der Waals surface area contributed by atoms with Crippen LogP contribution in [-0.4, -0.2) is 60.9 Å². The Morgan fingerprint density at radius 1 is 1.21 bits per heavy atom. The van der Waals surface area contributed by atoms with Gasteiger partial charge in [0.1, 0.15) is 0 Å². The molecule has 5 nitrogen and oxygen atoms in total. The van der Waals surface area contributed by atoms with Gasteiger partial charge < -0.3 is 15.1 Å². The summed E-state index contributed by atoms with van der Waals surface area (Å²) in [6.45, 7) is 8.72. The van der Waals surface area contributed by atoms with Gasteiger partial charge in [-0.05, 0) is 24.5 Å². The average molecular weight is 442 g/mol. The number of hydrogen-bond donors (Lipinski definition) is 1. The number of rotatable bonds is 3. The summed E-state index contributed by atoms with van der Waals surface area (Å²) in [5.41, 5.74) is 2.92. The van der Waals surface area contributed by atoms with Crippen LogP contribution in [0.5, 0.6) is 0 Å². The minimum atomic E-state index is 0. The van der Waals surface area contributed by atoms with Crippen LogP contribution in [0.4, 0.5) is 0 Å². The number of carbonyl (C=O) groups is 1. The van der Waals surface area contributed by atoms with Gasteiger partial charge in [-0.25, -0.2) is 0 Å². The molecule has 1 atom stereocenters. The number of amides is 1. The quantitative estimate of drug-likeness (QED) is 0.443. The standard InChI is InChI=1S/C18H26N4O.HI/c1-3-19-18(22-10-8-21(9-11-22)14(2)23)20-13-16-12-15-6-4-5-7-17(15)16;/h4-7,16H,3,8-13H2,1-2H3,(H,19,20);1H. The molecule has 1 fully saturated rings. The maximum Gasteiger partial charge on any atom is 0.219 e. The third-order valence-electron chi connectivity index (χ3n) is 4.78. The molecular formula is C18H27IN4O. The van der Waals surface area contributed by atoms with Gasteiger partial charge in [-0.3, -0.25) is 9.79 Å². The Hall–Kier alpha value is -1.31. The first-order chi connectivity index (χ1) is 11.2. The van der Waals surface area contributed by atoms with Crippen molar-refractivity contribution in [1.29, 1.82) is 0 Å². The van der Waals surface area contributed by atoms with Crippen LogP contribution < -0.4 is 5.32 Å². The number of benzene rings is 1. The highest BCUT2D eigenvalue weighted by molar-refractivity contribution is 14.0. The second kappa shape index (κ2) is 8.69. The van der Waals surface area contributed by atoms with Crippen molar-refractivity contribution in [3.05, 3.63) is 35.4 Å². The maximum absolute atomic E-state index is 11.4. The van der Waals surface area contributed by atoms with Gasteiger partial charge in [0, 0.05) is 52.1 Å². The molecule has 1 aromatic carbocycles. The number of piperazine rings is 1. The van der Waals surface area contributed by atoms with E-state index in [2.05, 4.69) is 41.4 Å². The zero-order valence-electron chi connectivity index (χ0n) is 14.5. The molecule has 1 aliphatic carbocycles. The molecule has 1 heterocycles. The van der Waals surface area contributed by atoms with Crippen molar-refractivity contribution in [3.8, 4) is 0 Å². The SMILES string of the molecule is CCNC(=NCC1Cc2ccccc21)N1CCN(C(C)=O)CC1.I. The first kappa shape index (κ1) is 19.0. The highest BCUT2D eigenvalue weighted by Crippen LogP contribution is 2.34. The van der Waals surface area contributed by atoms with E-state index in [0.717, 1.165) is 51.6 Å². The molecule has 3 rings (SSSR count). The van der Waals surface area contributed by atoms with Gasteiger partial charge in [-0.15, -0.1) is 24.0 Å². The normalized spacial score (nSPS) is 19.9. The lowest BCUT2D eigenvalue weighted by molar-refractivity contribution is -0.130. The monoisotopic (exact) mass is 442 g/mol. The number of nitrogens with zero attached hydrogens (tertiary/aromatic N) is 3. The Morgan fingerprint density at radius 2 is 1.88 bits per heavy atom. The van der Waals surface area contributed by atoms with Gasteiger partial charge in [0.15, 0.2) is 5.96 Å². The van der Waals surface area contributed by atoms with Crippen LogP contribution in [0.15, 0.2) is 29.3 Å². The van der Waals surface area contributed by atoms with E-state index in [0.29, 0.717) is 5.92 Å². The lowest BCUT2D eigenvalue weighted by Gasteiger charge is -2.36. The van der Waals surface area contributed by atoms with Crippen molar-refractivity contribution in [2.45, 2.75) is 26.2 Å². The van der Waals surface area contributed by atoms with Gasteiger partial charge >= 0.3 is 0 Å². The number of hydrogen-bond acceptors (Lipinski definition) is 2. The first-order valence-electron chi connectivity index (χ1n) is 8.55. The Labute approximate surface area is 161 Å². The minimum Gasteiger partial charge on any atom is -0.357 e. The first-order valence-corrected chi connectivity index (χ1v) is 8.55. The van der Waals surface area contributed by atoms with E-state index < -0.39 is 0 Å². The van der Waals surface area contributed by atoms with Crippen LogP contribution in [0.2, 0.25) is 0 Å². The lowest BCUT2D eigenvalue weighted by atomic mass is 9.78. The third-order valence-corrected chi connectivity index (χ3v) is 4.78. The van der Waals surface area contributed by atoms with Crippen molar-refractivity contribution in [2.75, 3.05) is 39.3 Å². The fourth-order valence-corrected chi connectivity index (χ4v) is 3.38. The van der Waals surface area contributed by atoms with Crippen molar-refractivity contribution in [3.63, 3.8) is 0 Å². The number of guanidine groups is 1. The molecule has 1 amide bonds. The highest BCUT2D eigenvalue weighted by atomic mass is 127. The zero-order chi connectivity index (χ0) is 16.2. The van der Waals surface area contributed by atoms with E-state index in [-0.39, 0.29) is 29.9 Å². The fourth-order valence-electron chi connectivity index (χ4n) is 3.38. The largest absolute Gasteiger partial charge is 0.357 e. The third kappa shape index (κ3) is 4.20. The molecule has 0 spiro atoms. The Balaban J connectivity index is 0.00000208. The number of carbonyl (C=O) groups excluding carboxylic acids is 1. The smallest absolute Gasteiger partial charge is 0.219 e. The van der Waals surface area contributed by atoms with Crippen LogP contribution >= 0.6 is 24.0 Å². The summed E-state index contributed by atoms with van der Waals surface area (Å²) >= 11 is 0. The van der Waals surface area contributed by atoms with Gasteiger partial charge in [-0.2, -0.15) is 0 Å². The summed E-state index contributed by atoms with van der Waals surface area (Å²) in [6, 6.07) is 8.65. The molecule has 0 aromatic heterocycles. The molecule has 0 saturated carbocycles. The highest BCUT2D eigenvalue weighted by Gasteiger charge is 2.26. The molecule has 1 N–H and O–H groups in total. The van der Waals surface area contributed by atoms with Crippen LogP contribution in [-0.2, 0) is 11.2 Å². The van der Waals surface area contributed by atoms with Crippen LogP contribution in [0.1, 0.15) is 30.9 Å². The van der Waals surface area contributed by atoms with Gasteiger partial charge in [0.25, 0.3) is 0 Å². The molecule has 1 aliphatic heterocycles. The second-order valence-electron chi connectivity index (χ2n) is 6.29. The van der Waals surface area contributed by atoms with Crippen molar-refractivity contribution in [1.82, 2.24) is 15.1 Å². The fraction of sp³-hybridized carbons (Fsp3) is 0.556. The van der Waals surface area contributed by atoms with Gasteiger partial charge in [0.2, 0.25) is 5.91 Å². The number of nitrogens with one attached hydrogen (secondary N) is 1. The lowest BCUT2D eigenvalue weighted by Crippen LogP contribution is -2.53. The molecule has 1 saturated heterocycles. The van der Waals surface area contributed by atoms with Crippen LogP contribution in [0.25, 0.3) is 0 Å². The van der Waals surface area contributed by atoms with Crippen molar-refractivity contribution in [2.24, 2.45) is 4.99 Å². The summed E-state index contributed by atoms with van der Waals surface area (Å²) in [5, 5.41) is 3.40. The van der Waals surface area contributed by atoms with E-state index in [1.807, 2.05) is 4.90 Å². The number of aliphatic imine (C=N–C) groups is 1. The van der Waals surface area contributed by atoms with Crippen molar-refractivity contribution < 1.29 is 4.79 Å². The maximum atomic E-state index is 11.4. The molecule has 6 heteroatoms. The van der Waals surface area contributed by atoms with Gasteiger partial charge in [0.05, 0.1) is 0 Å². The van der Waals surface area contributed by atoms with Crippen LogP contribution in [0.3, 0.4) is 0 Å². The molecule has 0 radical (unpaired) electrons. The van der Waals surface area contributed by atoms with Gasteiger partial charge in [-0.1, -0.05) is 24.3 Å². The summed E-state index contributed by atoms with van der Waals surface area (Å²) in [7, 11) is 0. The molecule has 132 valence electrons. The molecule has 1 unspecified atom stereocenters. The molecule has 1 aromatic rings. The Morgan fingerprint density at radius 3 is 2.50 bits per heavy atom. The van der Waals surface area contributed by atoms with Crippen molar-refractivity contribution >= 4 is 35.8 Å². The number of halogens is 1. The predicted octanol–water partition coefficient (Wildman–Crippen LogP) is 2.07. The molecule has 24 heavy (non-hydrogen) atoms. The predicted molar refractivity (Wildman–Crippen MR) is 108 cm³/mol.